The average Bonchev–Trinajstić information content (AvgIpc) is 2.38. The highest BCUT2D eigenvalue weighted by molar-refractivity contribution is 5.74. The largest absolute Gasteiger partial charge is 0.289 e. The van der Waals surface area contributed by atoms with Gasteiger partial charge in [0, 0.05) is 23.5 Å². The van der Waals surface area contributed by atoms with Crippen molar-refractivity contribution >= 4 is 6.29 Å². The second kappa shape index (κ2) is 4.85. The number of carbonyl (C=O) groups is 1. The van der Waals surface area contributed by atoms with Crippen LogP contribution in [0.5, 0.6) is 0 Å². The summed E-state index contributed by atoms with van der Waals surface area (Å²) < 4.78 is 0. The summed E-state index contributed by atoms with van der Waals surface area (Å²) in [5.74, 6) is 5.75. The molecule has 3 heteroatoms. The van der Waals surface area contributed by atoms with Crippen LogP contribution in [0.1, 0.15) is 5.56 Å². The number of hydrogen-bond acceptors (Lipinski definition) is 3. The fourth-order valence-electron chi connectivity index (χ4n) is 1.26. The van der Waals surface area contributed by atoms with Crippen LogP contribution in [0.4, 0.5) is 0 Å². The number of aromatic nitrogens is 2. The Labute approximate surface area is 93.2 Å². The number of carbonyl (C=O) groups excluding carboxylic acids is 1. The molecule has 0 radical (unpaired) electrons. The quantitative estimate of drug-likeness (QED) is 0.529. The van der Waals surface area contributed by atoms with Gasteiger partial charge in [0.2, 0.25) is 0 Å². The van der Waals surface area contributed by atoms with Crippen molar-refractivity contribution in [1.29, 1.82) is 0 Å². The van der Waals surface area contributed by atoms with Gasteiger partial charge in [0.15, 0.2) is 12.1 Å². The third-order valence-electron chi connectivity index (χ3n) is 1.98. The predicted molar refractivity (Wildman–Crippen MR) is 60.4 cm³/mol. The lowest BCUT2D eigenvalue weighted by atomic mass is 10.1. The van der Waals surface area contributed by atoms with E-state index in [-0.39, 0.29) is 0 Å². The van der Waals surface area contributed by atoms with Gasteiger partial charge >= 0.3 is 0 Å². The first-order valence-corrected chi connectivity index (χ1v) is 4.73. The van der Waals surface area contributed by atoms with Crippen molar-refractivity contribution in [3.8, 4) is 23.2 Å². The molecule has 16 heavy (non-hydrogen) atoms. The SMILES string of the molecule is O=CC#Cc1ccc(-c2ncccn2)cc1. The van der Waals surface area contributed by atoms with Gasteiger partial charge in [-0.05, 0) is 36.3 Å². The van der Waals surface area contributed by atoms with E-state index in [0.29, 0.717) is 12.1 Å². The topological polar surface area (TPSA) is 42.9 Å². The summed E-state index contributed by atoms with van der Waals surface area (Å²) in [6, 6.07) is 9.20. The van der Waals surface area contributed by atoms with Gasteiger partial charge in [-0.2, -0.15) is 0 Å². The third-order valence-corrected chi connectivity index (χ3v) is 1.98. The van der Waals surface area contributed by atoms with E-state index in [0.717, 1.165) is 11.1 Å². The van der Waals surface area contributed by atoms with Crippen molar-refractivity contribution in [2.45, 2.75) is 0 Å². The van der Waals surface area contributed by atoms with Crippen molar-refractivity contribution in [1.82, 2.24) is 9.97 Å². The summed E-state index contributed by atoms with van der Waals surface area (Å²) in [7, 11) is 0. The molecule has 0 amide bonds. The van der Waals surface area contributed by atoms with E-state index >= 15 is 0 Å². The van der Waals surface area contributed by atoms with Crippen molar-refractivity contribution in [2.75, 3.05) is 0 Å². The Balaban J connectivity index is 2.30. The molecule has 3 nitrogen and oxygen atoms in total. The van der Waals surface area contributed by atoms with Crippen LogP contribution in [-0.2, 0) is 4.79 Å². The lowest BCUT2D eigenvalue weighted by Gasteiger charge is -1.98. The van der Waals surface area contributed by atoms with Gasteiger partial charge in [-0.25, -0.2) is 9.97 Å². The van der Waals surface area contributed by atoms with Gasteiger partial charge in [-0.3, -0.25) is 4.79 Å². The summed E-state index contributed by atoms with van der Waals surface area (Å²) in [6.45, 7) is 0. The highest BCUT2D eigenvalue weighted by atomic mass is 16.1. The van der Waals surface area contributed by atoms with Crippen molar-refractivity contribution in [2.24, 2.45) is 0 Å². The molecule has 0 saturated heterocycles. The Morgan fingerprint density at radius 2 is 1.75 bits per heavy atom. The third kappa shape index (κ3) is 2.31. The molecular weight excluding hydrogens is 200 g/mol. The van der Waals surface area contributed by atoms with E-state index in [1.807, 2.05) is 24.3 Å². The molecule has 0 atom stereocenters. The first kappa shape index (κ1) is 10.1. The Hall–Kier alpha value is -2.47. The van der Waals surface area contributed by atoms with Gasteiger partial charge in [0.1, 0.15) is 0 Å². The number of aldehydes is 1. The van der Waals surface area contributed by atoms with Crippen molar-refractivity contribution < 1.29 is 4.79 Å². The monoisotopic (exact) mass is 208 g/mol. The van der Waals surface area contributed by atoms with Crippen molar-refractivity contribution in [3.05, 3.63) is 48.3 Å². The maximum Gasteiger partial charge on any atom is 0.193 e. The molecule has 76 valence electrons. The maximum absolute atomic E-state index is 10.1. The zero-order valence-corrected chi connectivity index (χ0v) is 8.42. The second-order valence-electron chi connectivity index (χ2n) is 3.04. The van der Waals surface area contributed by atoms with Crippen LogP contribution in [0.2, 0.25) is 0 Å². The normalized spacial score (nSPS) is 9.00. The molecule has 0 bridgehead atoms. The molecule has 0 saturated carbocycles. The van der Waals surface area contributed by atoms with E-state index in [1.54, 1.807) is 18.5 Å². The minimum Gasteiger partial charge on any atom is -0.289 e. The Bertz CT molecular complexity index is 536. The van der Waals surface area contributed by atoms with Crippen LogP contribution in [0, 0.1) is 11.8 Å². The summed E-state index contributed by atoms with van der Waals surface area (Å²) in [4.78, 5) is 18.3. The predicted octanol–water partition coefficient (Wildman–Crippen LogP) is 1.69. The lowest BCUT2D eigenvalue weighted by molar-refractivity contribution is -0.103. The summed E-state index contributed by atoms with van der Waals surface area (Å²) in [5, 5.41) is 0. The average molecular weight is 208 g/mol. The van der Waals surface area contributed by atoms with E-state index in [1.165, 1.54) is 0 Å². The van der Waals surface area contributed by atoms with Crippen LogP contribution >= 0.6 is 0 Å². The molecule has 2 rings (SSSR count). The van der Waals surface area contributed by atoms with Crippen LogP contribution in [0.15, 0.2) is 42.7 Å². The number of rotatable bonds is 1. The highest BCUT2D eigenvalue weighted by Crippen LogP contribution is 2.13. The van der Waals surface area contributed by atoms with E-state index < -0.39 is 0 Å². The number of nitrogens with zero attached hydrogens (tertiary/aromatic N) is 2. The molecular formula is C13H8N2O. The van der Waals surface area contributed by atoms with Gasteiger partial charge < -0.3 is 0 Å². The van der Waals surface area contributed by atoms with E-state index in [2.05, 4.69) is 21.8 Å². The van der Waals surface area contributed by atoms with Crippen LogP contribution in [0.3, 0.4) is 0 Å². The van der Waals surface area contributed by atoms with Gasteiger partial charge in [-0.1, -0.05) is 5.92 Å². The Kier molecular flexibility index (Phi) is 3.05. The second-order valence-corrected chi connectivity index (χ2v) is 3.04. The molecule has 0 fully saturated rings. The fourth-order valence-corrected chi connectivity index (χ4v) is 1.26. The van der Waals surface area contributed by atoms with Crippen LogP contribution < -0.4 is 0 Å². The van der Waals surface area contributed by atoms with Gasteiger partial charge in [-0.15, -0.1) is 0 Å². The molecule has 1 aromatic heterocycles. The fraction of sp³-hybridized carbons (Fsp3) is 0. The maximum atomic E-state index is 10.1. The zero-order chi connectivity index (χ0) is 11.2. The van der Waals surface area contributed by atoms with Gasteiger partial charge in [0.25, 0.3) is 0 Å². The van der Waals surface area contributed by atoms with E-state index in [9.17, 15) is 4.79 Å². The molecule has 0 unspecified atom stereocenters. The molecule has 0 aliphatic rings. The molecule has 1 heterocycles. The van der Waals surface area contributed by atoms with Crippen LogP contribution in [-0.4, -0.2) is 16.3 Å². The van der Waals surface area contributed by atoms with Crippen molar-refractivity contribution in [3.63, 3.8) is 0 Å². The standard InChI is InChI=1S/C13H8N2O/c16-10-1-3-11-4-6-12(7-5-11)13-14-8-2-9-15-13/h2,4-10H. The molecule has 2 aromatic rings. The van der Waals surface area contributed by atoms with Crippen LogP contribution in [0.25, 0.3) is 11.4 Å². The zero-order valence-electron chi connectivity index (χ0n) is 8.42. The first-order chi connectivity index (χ1) is 7.90. The minimum atomic E-state index is 0.578. The van der Waals surface area contributed by atoms with Gasteiger partial charge in [0.05, 0.1) is 0 Å². The number of hydrogen-bond donors (Lipinski definition) is 0. The Morgan fingerprint density at radius 1 is 1.06 bits per heavy atom. The number of benzene rings is 1. The molecule has 0 aliphatic heterocycles. The molecule has 0 spiro atoms. The van der Waals surface area contributed by atoms with E-state index in [4.69, 9.17) is 0 Å². The molecule has 0 aliphatic carbocycles. The first-order valence-electron chi connectivity index (χ1n) is 4.73. The molecule has 0 N–H and O–H groups in total. The summed E-state index contributed by atoms with van der Waals surface area (Å²) in [6.07, 6.45) is 3.97. The highest BCUT2D eigenvalue weighted by Gasteiger charge is 1.98. The summed E-state index contributed by atoms with van der Waals surface area (Å²) >= 11 is 0. The molecule has 1 aromatic carbocycles. The Morgan fingerprint density at radius 3 is 2.38 bits per heavy atom. The summed E-state index contributed by atoms with van der Waals surface area (Å²) in [5.41, 5.74) is 1.73. The smallest absolute Gasteiger partial charge is 0.193 e. The lowest BCUT2D eigenvalue weighted by Crippen LogP contribution is -1.86. The minimum absolute atomic E-state index is 0.578.